The number of benzene rings is 2. The number of halogens is 1. The normalized spacial score (nSPS) is 10.4. The van der Waals surface area contributed by atoms with Crippen molar-refractivity contribution in [1.29, 1.82) is 0 Å². The number of ether oxygens (including phenoxy) is 1. The van der Waals surface area contributed by atoms with Crippen LogP contribution in [0.25, 0.3) is 0 Å². The predicted molar refractivity (Wildman–Crippen MR) is 101 cm³/mol. The van der Waals surface area contributed by atoms with E-state index < -0.39 is 4.92 Å². The molecule has 0 heterocycles. The number of anilines is 1. The van der Waals surface area contributed by atoms with E-state index in [1.807, 2.05) is 18.2 Å². The molecule has 0 spiro atoms. The van der Waals surface area contributed by atoms with Crippen LogP contribution in [-0.4, -0.2) is 31.1 Å². The highest BCUT2D eigenvalue weighted by molar-refractivity contribution is 6.31. The molecule has 1 amide bonds. The second-order valence-electron chi connectivity index (χ2n) is 5.54. The van der Waals surface area contributed by atoms with Gasteiger partial charge in [0.05, 0.1) is 4.92 Å². The summed E-state index contributed by atoms with van der Waals surface area (Å²) in [6.07, 6.45) is 0.668. The van der Waals surface area contributed by atoms with Crippen molar-refractivity contribution >= 4 is 28.9 Å². The summed E-state index contributed by atoms with van der Waals surface area (Å²) in [6, 6.07) is 11.6. The van der Waals surface area contributed by atoms with Crippen LogP contribution in [-0.2, 0) is 11.3 Å². The summed E-state index contributed by atoms with van der Waals surface area (Å²) < 4.78 is 4.91. The standard InChI is InChI=1S/C18H20ClN3O4/c1-26-10-4-9-20-18(23)13-7-8-16(17(11-13)22(24)25)21-12-14-5-2-3-6-15(14)19/h2-3,5-8,11,21H,4,9-10,12H2,1H3,(H,20,23). The van der Waals surface area contributed by atoms with Crippen LogP contribution in [0.1, 0.15) is 22.3 Å². The van der Waals surface area contributed by atoms with Crippen molar-refractivity contribution in [3.8, 4) is 0 Å². The van der Waals surface area contributed by atoms with E-state index in [4.69, 9.17) is 16.3 Å². The summed E-state index contributed by atoms with van der Waals surface area (Å²) in [4.78, 5) is 23.0. The molecule has 2 rings (SSSR count). The largest absolute Gasteiger partial charge is 0.385 e. The monoisotopic (exact) mass is 377 g/mol. The molecule has 2 N–H and O–H groups in total. The molecule has 26 heavy (non-hydrogen) atoms. The Kier molecular flexibility index (Phi) is 7.37. The number of carbonyl (C=O) groups is 1. The summed E-state index contributed by atoms with van der Waals surface area (Å²) in [5.41, 5.74) is 1.22. The first kappa shape index (κ1) is 19.7. The first-order valence-corrected chi connectivity index (χ1v) is 8.43. The second kappa shape index (κ2) is 9.74. The summed E-state index contributed by atoms with van der Waals surface area (Å²) in [5.74, 6) is -0.359. The highest BCUT2D eigenvalue weighted by Crippen LogP contribution is 2.27. The lowest BCUT2D eigenvalue weighted by Crippen LogP contribution is -2.25. The third-order valence-electron chi connectivity index (χ3n) is 3.69. The van der Waals surface area contributed by atoms with Gasteiger partial charge in [0.25, 0.3) is 11.6 Å². The number of nitrogens with zero attached hydrogens (tertiary/aromatic N) is 1. The van der Waals surface area contributed by atoms with Crippen LogP contribution < -0.4 is 10.6 Å². The highest BCUT2D eigenvalue weighted by Gasteiger charge is 2.17. The van der Waals surface area contributed by atoms with Gasteiger partial charge in [-0.1, -0.05) is 29.8 Å². The van der Waals surface area contributed by atoms with E-state index in [-0.39, 0.29) is 17.2 Å². The van der Waals surface area contributed by atoms with Gasteiger partial charge in [-0.3, -0.25) is 14.9 Å². The van der Waals surface area contributed by atoms with E-state index in [1.165, 1.54) is 12.1 Å². The molecule has 0 saturated carbocycles. The molecule has 0 saturated heterocycles. The summed E-state index contributed by atoms with van der Waals surface area (Å²) in [5, 5.41) is 17.7. The molecule has 0 bridgehead atoms. The lowest BCUT2D eigenvalue weighted by molar-refractivity contribution is -0.384. The van der Waals surface area contributed by atoms with E-state index in [9.17, 15) is 14.9 Å². The van der Waals surface area contributed by atoms with Crippen LogP contribution in [0.5, 0.6) is 0 Å². The van der Waals surface area contributed by atoms with Crippen molar-refractivity contribution in [2.75, 3.05) is 25.6 Å². The van der Waals surface area contributed by atoms with Crippen LogP contribution in [0, 0.1) is 10.1 Å². The van der Waals surface area contributed by atoms with E-state index in [2.05, 4.69) is 10.6 Å². The molecule has 138 valence electrons. The number of nitrogens with one attached hydrogen (secondary N) is 2. The molecule has 0 radical (unpaired) electrons. The van der Waals surface area contributed by atoms with Gasteiger partial charge < -0.3 is 15.4 Å². The molecule has 2 aromatic rings. The Bertz CT molecular complexity index is 783. The molecule has 7 nitrogen and oxygen atoms in total. The zero-order valence-corrected chi connectivity index (χ0v) is 15.1. The fourth-order valence-corrected chi connectivity index (χ4v) is 2.53. The number of nitro groups is 1. The van der Waals surface area contributed by atoms with Gasteiger partial charge in [0, 0.05) is 43.5 Å². The fourth-order valence-electron chi connectivity index (χ4n) is 2.33. The smallest absolute Gasteiger partial charge is 0.293 e. The molecule has 8 heteroatoms. The van der Waals surface area contributed by atoms with Crippen molar-refractivity contribution in [2.45, 2.75) is 13.0 Å². The second-order valence-corrected chi connectivity index (χ2v) is 5.94. The molecule has 0 unspecified atom stereocenters. The molecule has 0 aliphatic rings. The molecule has 0 fully saturated rings. The zero-order chi connectivity index (χ0) is 18.9. The molecule has 0 aliphatic carbocycles. The van der Waals surface area contributed by atoms with Crippen molar-refractivity contribution in [2.24, 2.45) is 0 Å². The minimum Gasteiger partial charge on any atom is -0.385 e. The van der Waals surface area contributed by atoms with Gasteiger partial charge in [-0.15, -0.1) is 0 Å². The Morgan fingerprint density at radius 3 is 2.73 bits per heavy atom. The van der Waals surface area contributed by atoms with Crippen LogP contribution in [0.2, 0.25) is 5.02 Å². The van der Waals surface area contributed by atoms with Crippen molar-refractivity contribution < 1.29 is 14.5 Å². The SMILES string of the molecule is COCCCNC(=O)c1ccc(NCc2ccccc2Cl)c([N+](=O)[O-])c1. The quantitative estimate of drug-likeness (QED) is 0.395. The average molecular weight is 378 g/mol. The number of nitro benzene ring substituents is 1. The van der Waals surface area contributed by atoms with Crippen LogP contribution >= 0.6 is 11.6 Å². The topological polar surface area (TPSA) is 93.5 Å². The number of hydrogen-bond donors (Lipinski definition) is 2. The molecule has 0 aromatic heterocycles. The minimum absolute atomic E-state index is 0.165. The van der Waals surface area contributed by atoms with Gasteiger partial charge in [0.2, 0.25) is 0 Å². The van der Waals surface area contributed by atoms with Gasteiger partial charge in [-0.25, -0.2) is 0 Å². The molecular weight excluding hydrogens is 358 g/mol. The zero-order valence-electron chi connectivity index (χ0n) is 14.3. The first-order valence-electron chi connectivity index (χ1n) is 8.05. The van der Waals surface area contributed by atoms with Gasteiger partial charge in [0.15, 0.2) is 0 Å². The number of methoxy groups -OCH3 is 1. The summed E-state index contributed by atoms with van der Waals surface area (Å²) >= 11 is 6.09. The highest BCUT2D eigenvalue weighted by atomic mass is 35.5. The van der Waals surface area contributed by atoms with Crippen LogP contribution in [0.15, 0.2) is 42.5 Å². The number of rotatable bonds is 9. The Balaban J connectivity index is 2.09. The lowest BCUT2D eigenvalue weighted by atomic mass is 10.1. The first-order chi connectivity index (χ1) is 12.5. The van der Waals surface area contributed by atoms with Gasteiger partial charge in [0.1, 0.15) is 5.69 Å². The summed E-state index contributed by atoms with van der Waals surface area (Å²) in [6.45, 7) is 1.31. The minimum atomic E-state index is -0.517. The Morgan fingerprint density at radius 1 is 1.27 bits per heavy atom. The maximum Gasteiger partial charge on any atom is 0.293 e. The fraction of sp³-hybridized carbons (Fsp3) is 0.278. The maximum absolute atomic E-state index is 12.1. The number of carbonyl (C=O) groups excluding carboxylic acids is 1. The number of hydrogen-bond acceptors (Lipinski definition) is 5. The van der Waals surface area contributed by atoms with Crippen molar-refractivity contribution in [3.63, 3.8) is 0 Å². The van der Waals surface area contributed by atoms with E-state index in [0.717, 1.165) is 5.56 Å². The predicted octanol–water partition coefficient (Wildman–Crippen LogP) is 3.63. The number of amides is 1. The Hall–Kier alpha value is -2.64. The Labute approximate surface area is 156 Å². The van der Waals surface area contributed by atoms with Crippen molar-refractivity contribution in [3.05, 3.63) is 68.7 Å². The molecule has 0 aliphatic heterocycles. The molecule has 0 atom stereocenters. The van der Waals surface area contributed by atoms with Crippen molar-refractivity contribution in [1.82, 2.24) is 5.32 Å². The third kappa shape index (κ3) is 5.44. The molecule has 2 aromatic carbocycles. The summed E-state index contributed by atoms with van der Waals surface area (Å²) in [7, 11) is 1.58. The van der Waals surface area contributed by atoms with Gasteiger partial charge >= 0.3 is 0 Å². The molecular formula is C18H20ClN3O4. The van der Waals surface area contributed by atoms with Crippen LogP contribution in [0.4, 0.5) is 11.4 Å². The van der Waals surface area contributed by atoms with E-state index in [0.29, 0.717) is 36.8 Å². The van der Waals surface area contributed by atoms with E-state index >= 15 is 0 Å². The van der Waals surface area contributed by atoms with Gasteiger partial charge in [-0.05, 0) is 30.2 Å². The average Bonchev–Trinajstić information content (AvgIpc) is 2.64. The third-order valence-corrected chi connectivity index (χ3v) is 4.06. The Morgan fingerprint density at radius 2 is 2.04 bits per heavy atom. The maximum atomic E-state index is 12.1. The van der Waals surface area contributed by atoms with Gasteiger partial charge in [-0.2, -0.15) is 0 Å². The van der Waals surface area contributed by atoms with Crippen LogP contribution in [0.3, 0.4) is 0 Å². The van der Waals surface area contributed by atoms with E-state index in [1.54, 1.807) is 19.2 Å². The lowest BCUT2D eigenvalue weighted by Gasteiger charge is -2.10.